The van der Waals surface area contributed by atoms with Gasteiger partial charge in [0.2, 0.25) is 5.91 Å². The fourth-order valence-corrected chi connectivity index (χ4v) is 4.93. The highest BCUT2D eigenvalue weighted by Crippen LogP contribution is 2.32. The van der Waals surface area contributed by atoms with Crippen molar-refractivity contribution < 1.29 is 19.1 Å². The van der Waals surface area contributed by atoms with Crippen LogP contribution < -0.4 is 15.4 Å². The highest BCUT2D eigenvalue weighted by atomic mass is 16.5. The lowest BCUT2D eigenvalue weighted by Crippen LogP contribution is -2.37. The van der Waals surface area contributed by atoms with Gasteiger partial charge in [0.1, 0.15) is 17.0 Å². The van der Waals surface area contributed by atoms with Crippen molar-refractivity contribution in [3.8, 4) is 11.5 Å². The van der Waals surface area contributed by atoms with Gasteiger partial charge in [0.25, 0.3) is 11.8 Å². The van der Waals surface area contributed by atoms with Crippen molar-refractivity contribution in [1.29, 1.82) is 0 Å². The first-order valence-electron chi connectivity index (χ1n) is 11.8. The van der Waals surface area contributed by atoms with Crippen molar-refractivity contribution >= 4 is 28.8 Å². The second-order valence-corrected chi connectivity index (χ2v) is 9.11. The Labute approximate surface area is 207 Å². The van der Waals surface area contributed by atoms with Gasteiger partial charge in [0.15, 0.2) is 5.75 Å². The Hall–Kier alpha value is -4.34. The monoisotopic (exact) mass is 488 g/mol. The van der Waals surface area contributed by atoms with E-state index in [1.54, 1.807) is 47.2 Å². The van der Waals surface area contributed by atoms with Gasteiger partial charge >= 0.3 is 0 Å². The molecule has 2 N–H and O–H groups in total. The van der Waals surface area contributed by atoms with Crippen molar-refractivity contribution in [2.75, 3.05) is 20.1 Å². The lowest BCUT2D eigenvalue weighted by Gasteiger charge is -2.16. The number of aromatic nitrogens is 3. The predicted octanol–water partition coefficient (Wildman–Crippen LogP) is 2.71. The van der Waals surface area contributed by atoms with Crippen LogP contribution in [0, 0.1) is 13.8 Å². The fraction of sp³-hybridized carbons (Fsp3) is 0.308. The molecule has 10 heteroatoms. The smallest absolute Gasteiger partial charge is 0.268 e. The topological polar surface area (TPSA) is 109 Å². The van der Waals surface area contributed by atoms with Crippen LogP contribution in [0.3, 0.4) is 0 Å². The van der Waals surface area contributed by atoms with Crippen LogP contribution in [-0.2, 0) is 4.79 Å². The summed E-state index contributed by atoms with van der Waals surface area (Å²) in [6, 6.07) is 7.34. The molecule has 1 aliphatic heterocycles. The summed E-state index contributed by atoms with van der Waals surface area (Å²) in [4.78, 5) is 38.7. The summed E-state index contributed by atoms with van der Waals surface area (Å²) in [5.74, 6) is 0.827. The summed E-state index contributed by atoms with van der Waals surface area (Å²) >= 11 is 0. The maximum Gasteiger partial charge on any atom is 0.268 e. The van der Waals surface area contributed by atoms with Crippen LogP contribution in [0.25, 0.3) is 11.0 Å². The molecular weight excluding hydrogens is 460 g/mol. The predicted molar refractivity (Wildman–Crippen MR) is 134 cm³/mol. The summed E-state index contributed by atoms with van der Waals surface area (Å²) < 4.78 is 9.73. The van der Waals surface area contributed by atoms with Gasteiger partial charge < -0.3 is 24.7 Å². The second kappa shape index (κ2) is 9.03. The second-order valence-electron chi connectivity index (χ2n) is 9.11. The van der Waals surface area contributed by atoms with E-state index in [2.05, 4.69) is 15.7 Å². The highest BCUT2D eigenvalue weighted by molar-refractivity contribution is 5.98. The largest absolute Gasteiger partial charge is 0.455 e. The van der Waals surface area contributed by atoms with Crippen LogP contribution in [0.4, 0.5) is 0 Å². The van der Waals surface area contributed by atoms with E-state index in [0.717, 1.165) is 23.1 Å². The number of rotatable bonds is 5. The van der Waals surface area contributed by atoms with Gasteiger partial charge in [-0.3, -0.25) is 14.4 Å². The number of ether oxygens (including phenoxy) is 1. The van der Waals surface area contributed by atoms with E-state index in [-0.39, 0.29) is 23.8 Å². The molecule has 1 saturated heterocycles. The van der Waals surface area contributed by atoms with Crippen molar-refractivity contribution in [3.63, 3.8) is 0 Å². The third kappa shape index (κ3) is 4.04. The minimum absolute atomic E-state index is 0.0302. The molecule has 1 fully saturated rings. The molecule has 186 valence electrons. The van der Waals surface area contributed by atoms with Gasteiger partial charge in [-0.1, -0.05) is 0 Å². The minimum atomic E-state index is -0.153. The first-order valence-corrected chi connectivity index (χ1v) is 11.8. The molecule has 0 spiro atoms. The molecule has 0 aromatic carbocycles. The summed E-state index contributed by atoms with van der Waals surface area (Å²) in [6.45, 7) is 6.33. The first kappa shape index (κ1) is 23.4. The number of fused-ring (bicyclic) bond motifs is 2. The van der Waals surface area contributed by atoms with E-state index in [9.17, 15) is 14.4 Å². The molecule has 5 rings (SSSR count). The van der Waals surface area contributed by atoms with E-state index in [1.807, 2.05) is 30.4 Å². The van der Waals surface area contributed by atoms with E-state index < -0.39 is 0 Å². The van der Waals surface area contributed by atoms with Crippen LogP contribution >= 0.6 is 0 Å². The maximum absolute atomic E-state index is 13.3. The molecule has 0 radical (unpaired) electrons. The zero-order chi connectivity index (χ0) is 25.6. The molecule has 5 heterocycles. The number of likely N-dealkylation sites (tertiary alicyclic amines) is 1. The Bertz CT molecular complexity index is 1520. The van der Waals surface area contributed by atoms with Crippen LogP contribution in [0.1, 0.15) is 45.3 Å². The van der Waals surface area contributed by atoms with Crippen LogP contribution in [0.2, 0.25) is 0 Å². The fourth-order valence-electron chi connectivity index (χ4n) is 4.93. The summed E-state index contributed by atoms with van der Waals surface area (Å²) in [5, 5.41) is 9.94. The van der Waals surface area contributed by atoms with Crippen LogP contribution in [0.15, 0.2) is 42.9 Å². The zero-order valence-electron chi connectivity index (χ0n) is 20.7. The Morgan fingerprint density at radius 2 is 1.97 bits per heavy atom. The SMILES string of the molecule is CNC(=O)c1c(C)cc2cc(Oc3ccnn4cc(C(=O)N5CC[C@@H](NC(C)=O)C5)c(C)c34)ccn12. The minimum Gasteiger partial charge on any atom is -0.455 e. The van der Waals surface area contributed by atoms with E-state index in [1.165, 1.54) is 6.92 Å². The molecule has 0 bridgehead atoms. The molecular formula is C26H28N6O4. The van der Waals surface area contributed by atoms with Crippen LogP contribution in [-0.4, -0.2) is 62.8 Å². The average Bonchev–Trinajstić information content (AvgIpc) is 3.53. The number of carbonyl (C=O) groups excluding carboxylic acids is 3. The summed E-state index contributed by atoms with van der Waals surface area (Å²) in [5.41, 5.74) is 4.31. The number of nitrogens with zero attached hydrogens (tertiary/aromatic N) is 4. The van der Waals surface area contributed by atoms with Crippen LogP contribution in [0.5, 0.6) is 11.5 Å². The Kier molecular flexibility index (Phi) is 5.87. The lowest BCUT2D eigenvalue weighted by molar-refractivity contribution is -0.119. The van der Waals surface area contributed by atoms with Gasteiger partial charge in [0.05, 0.1) is 11.8 Å². The normalized spacial score (nSPS) is 15.4. The van der Waals surface area contributed by atoms with Crippen molar-refractivity contribution in [2.24, 2.45) is 0 Å². The van der Waals surface area contributed by atoms with Crippen molar-refractivity contribution in [3.05, 3.63) is 65.2 Å². The van der Waals surface area contributed by atoms with Gasteiger partial charge in [-0.2, -0.15) is 5.10 Å². The van der Waals surface area contributed by atoms with E-state index in [4.69, 9.17) is 4.74 Å². The quantitative estimate of drug-likeness (QED) is 0.449. The molecule has 4 aromatic rings. The number of hydrogen-bond donors (Lipinski definition) is 2. The number of aryl methyl sites for hydroxylation is 2. The molecule has 0 unspecified atom stereocenters. The Balaban J connectivity index is 1.44. The van der Waals surface area contributed by atoms with Crippen molar-refractivity contribution in [1.82, 2.24) is 29.5 Å². The Morgan fingerprint density at radius 1 is 1.17 bits per heavy atom. The number of pyridine rings is 1. The van der Waals surface area contributed by atoms with Gasteiger partial charge in [-0.05, 0) is 43.5 Å². The molecule has 3 amide bonds. The number of amides is 3. The standard InChI is InChI=1S/C26H28N6O4/c1-15-11-19-12-20(7-10-31(19)23(15)25(34)27-4)36-22-5-8-28-32-14-21(16(2)24(22)32)26(35)30-9-6-18(13-30)29-17(3)33/h5,7-8,10-12,14,18H,6,9,13H2,1-4H3,(H,27,34)(H,29,33)/t18-/m1/s1. The molecule has 0 saturated carbocycles. The van der Waals surface area contributed by atoms with Gasteiger partial charge in [-0.25, -0.2) is 4.52 Å². The first-order chi connectivity index (χ1) is 17.3. The van der Waals surface area contributed by atoms with Gasteiger partial charge in [-0.15, -0.1) is 0 Å². The molecule has 1 atom stereocenters. The third-order valence-electron chi connectivity index (χ3n) is 6.61. The molecule has 0 aliphatic carbocycles. The summed E-state index contributed by atoms with van der Waals surface area (Å²) in [7, 11) is 1.61. The van der Waals surface area contributed by atoms with Crippen molar-refractivity contribution in [2.45, 2.75) is 33.2 Å². The highest BCUT2D eigenvalue weighted by Gasteiger charge is 2.29. The Morgan fingerprint density at radius 3 is 2.72 bits per heavy atom. The molecule has 36 heavy (non-hydrogen) atoms. The number of carbonyl (C=O) groups is 3. The molecule has 1 aliphatic rings. The zero-order valence-corrected chi connectivity index (χ0v) is 20.7. The average molecular weight is 489 g/mol. The number of hydrogen-bond acceptors (Lipinski definition) is 5. The molecule has 10 nitrogen and oxygen atoms in total. The maximum atomic E-state index is 13.3. The third-order valence-corrected chi connectivity index (χ3v) is 6.61. The van der Waals surface area contributed by atoms with E-state index in [0.29, 0.717) is 41.4 Å². The van der Waals surface area contributed by atoms with E-state index >= 15 is 0 Å². The molecule has 4 aromatic heterocycles. The van der Waals surface area contributed by atoms with Gasteiger partial charge in [0, 0.05) is 63.1 Å². The summed E-state index contributed by atoms with van der Waals surface area (Å²) in [6.07, 6.45) is 5.89. The lowest BCUT2D eigenvalue weighted by atomic mass is 10.1. The number of nitrogens with one attached hydrogen (secondary N) is 2.